The predicted molar refractivity (Wildman–Crippen MR) is 95.6 cm³/mol. The first-order valence-electron chi connectivity index (χ1n) is 8.10. The molecule has 24 heavy (non-hydrogen) atoms. The van der Waals surface area contributed by atoms with E-state index >= 15 is 0 Å². The van der Waals surface area contributed by atoms with E-state index in [-0.39, 0.29) is 0 Å². The molecule has 1 aromatic heterocycles. The van der Waals surface area contributed by atoms with Crippen LogP contribution in [0.5, 0.6) is 17.2 Å². The van der Waals surface area contributed by atoms with Gasteiger partial charge in [-0.3, -0.25) is 4.98 Å². The monoisotopic (exact) mass is 319 g/mol. The van der Waals surface area contributed by atoms with Crippen molar-refractivity contribution in [1.82, 2.24) is 4.98 Å². The zero-order chi connectivity index (χ0) is 16.8. The summed E-state index contributed by atoms with van der Waals surface area (Å²) in [7, 11) is 0. The molecule has 122 valence electrons. The lowest BCUT2D eigenvalue weighted by Crippen LogP contribution is -1.95. The van der Waals surface area contributed by atoms with Crippen molar-refractivity contribution in [3.05, 3.63) is 84.2 Å². The molecular formula is C21H21NO2. The summed E-state index contributed by atoms with van der Waals surface area (Å²) in [6.45, 7) is 4.87. The van der Waals surface area contributed by atoms with Crippen LogP contribution in [0.1, 0.15) is 30.9 Å². The van der Waals surface area contributed by atoms with E-state index < -0.39 is 0 Å². The molecule has 0 amide bonds. The fraction of sp³-hybridized carbons (Fsp3) is 0.190. The third-order valence-electron chi connectivity index (χ3n) is 3.74. The lowest BCUT2D eigenvalue weighted by molar-refractivity contribution is 0.304. The number of nitrogens with zero attached hydrogens (tertiary/aromatic N) is 1. The third-order valence-corrected chi connectivity index (χ3v) is 3.74. The van der Waals surface area contributed by atoms with Gasteiger partial charge in [0, 0.05) is 18.5 Å². The first-order valence-corrected chi connectivity index (χ1v) is 8.10. The molecule has 0 atom stereocenters. The molecule has 0 saturated carbocycles. The average molecular weight is 319 g/mol. The normalized spacial score (nSPS) is 10.6. The summed E-state index contributed by atoms with van der Waals surface area (Å²) in [6.07, 6.45) is 3.53. The molecule has 2 aromatic carbocycles. The number of aromatic nitrogens is 1. The zero-order valence-electron chi connectivity index (χ0n) is 14.0. The van der Waals surface area contributed by atoms with Gasteiger partial charge in [0.2, 0.25) is 0 Å². The van der Waals surface area contributed by atoms with Gasteiger partial charge in [-0.05, 0) is 53.4 Å². The number of hydrogen-bond acceptors (Lipinski definition) is 3. The quantitative estimate of drug-likeness (QED) is 0.594. The van der Waals surface area contributed by atoms with Crippen molar-refractivity contribution in [2.24, 2.45) is 0 Å². The summed E-state index contributed by atoms with van der Waals surface area (Å²) in [4.78, 5) is 4.00. The number of rotatable bonds is 6. The van der Waals surface area contributed by atoms with Crippen molar-refractivity contribution in [2.75, 3.05) is 0 Å². The van der Waals surface area contributed by atoms with Crippen LogP contribution < -0.4 is 9.47 Å². The van der Waals surface area contributed by atoms with Crippen molar-refractivity contribution in [2.45, 2.75) is 26.4 Å². The Balaban J connectivity index is 1.64. The SMILES string of the molecule is CC(C)c1ccc(Oc2cccc(OCc3ccncc3)c2)cc1. The fourth-order valence-corrected chi connectivity index (χ4v) is 2.33. The van der Waals surface area contributed by atoms with E-state index in [9.17, 15) is 0 Å². The van der Waals surface area contributed by atoms with Crippen molar-refractivity contribution < 1.29 is 9.47 Å². The van der Waals surface area contributed by atoms with Crippen LogP contribution in [0.25, 0.3) is 0 Å². The second kappa shape index (κ2) is 7.64. The van der Waals surface area contributed by atoms with Crippen molar-refractivity contribution in [1.29, 1.82) is 0 Å². The lowest BCUT2D eigenvalue weighted by Gasteiger charge is -2.10. The highest BCUT2D eigenvalue weighted by atomic mass is 16.5. The number of benzene rings is 2. The van der Waals surface area contributed by atoms with Gasteiger partial charge in [0.15, 0.2) is 0 Å². The Bertz CT molecular complexity index is 767. The Kier molecular flexibility index (Phi) is 5.12. The van der Waals surface area contributed by atoms with Gasteiger partial charge in [-0.2, -0.15) is 0 Å². The fourth-order valence-electron chi connectivity index (χ4n) is 2.33. The van der Waals surface area contributed by atoms with Gasteiger partial charge in [0.25, 0.3) is 0 Å². The summed E-state index contributed by atoms with van der Waals surface area (Å²) >= 11 is 0. The van der Waals surface area contributed by atoms with Gasteiger partial charge in [0.05, 0.1) is 0 Å². The molecule has 1 heterocycles. The molecule has 0 N–H and O–H groups in total. The predicted octanol–water partition coefficient (Wildman–Crippen LogP) is 5.58. The van der Waals surface area contributed by atoms with Crippen LogP contribution in [0, 0.1) is 0 Å². The average Bonchev–Trinajstić information content (AvgIpc) is 2.62. The minimum absolute atomic E-state index is 0.509. The van der Waals surface area contributed by atoms with E-state index in [2.05, 4.69) is 31.0 Å². The Hall–Kier alpha value is -2.81. The van der Waals surface area contributed by atoms with E-state index in [1.165, 1.54) is 5.56 Å². The Morgan fingerprint density at radius 3 is 2.25 bits per heavy atom. The van der Waals surface area contributed by atoms with Gasteiger partial charge < -0.3 is 9.47 Å². The van der Waals surface area contributed by atoms with E-state index in [0.717, 1.165) is 22.8 Å². The van der Waals surface area contributed by atoms with Crippen LogP contribution in [0.2, 0.25) is 0 Å². The highest BCUT2D eigenvalue weighted by molar-refractivity contribution is 5.38. The Labute approximate surface area is 142 Å². The maximum atomic E-state index is 5.92. The molecule has 0 spiro atoms. The largest absolute Gasteiger partial charge is 0.489 e. The molecule has 3 rings (SSSR count). The molecular weight excluding hydrogens is 298 g/mol. The standard InChI is InChI=1S/C21H21NO2/c1-16(2)18-6-8-19(9-7-18)24-21-5-3-4-20(14-21)23-15-17-10-12-22-13-11-17/h3-14,16H,15H2,1-2H3. The van der Waals surface area contributed by atoms with Crippen molar-refractivity contribution in [3.8, 4) is 17.2 Å². The molecule has 3 nitrogen and oxygen atoms in total. The smallest absolute Gasteiger partial charge is 0.131 e. The van der Waals surface area contributed by atoms with Gasteiger partial charge in [-0.1, -0.05) is 32.0 Å². The Morgan fingerprint density at radius 1 is 0.833 bits per heavy atom. The molecule has 3 heteroatoms. The van der Waals surface area contributed by atoms with Gasteiger partial charge in [-0.15, -0.1) is 0 Å². The molecule has 0 fully saturated rings. The van der Waals surface area contributed by atoms with Crippen LogP contribution in [-0.4, -0.2) is 4.98 Å². The van der Waals surface area contributed by atoms with E-state index in [1.54, 1.807) is 12.4 Å². The summed E-state index contributed by atoms with van der Waals surface area (Å²) in [5.41, 5.74) is 2.39. The summed E-state index contributed by atoms with van der Waals surface area (Å²) < 4.78 is 11.7. The first kappa shape index (κ1) is 16.1. The van der Waals surface area contributed by atoms with Gasteiger partial charge in [-0.25, -0.2) is 0 Å². The summed E-state index contributed by atoms with van der Waals surface area (Å²) in [5.74, 6) is 2.89. The van der Waals surface area contributed by atoms with Crippen molar-refractivity contribution >= 4 is 0 Å². The number of hydrogen-bond donors (Lipinski definition) is 0. The lowest BCUT2D eigenvalue weighted by atomic mass is 10.0. The third kappa shape index (κ3) is 4.35. The van der Waals surface area contributed by atoms with Gasteiger partial charge >= 0.3 is 0 Å². The maximum Gasteiger partial charge on any atom is 0.131 e. The first-order chi connectivity index (χ1) is 11.7. The molecule has 0 radical (unpaired) electrons. The minimum atomic E-state index is 0.509. The van der Waals surface area contributed by atoms with E-state index in [1.807, 2.05) is 48.5 Å². The molecule has 0 aliphatic rings. The van der Waals surface area contributed by atoms with E-state index in [0.29, 0.717) is 12.5 Å². The minimum Gasteiger partial charge on any atom is -0.489 e. The molecule has 3 aromatic rings. The zero-order valence-corrected chi connectivity index (χ0v) is 14.0. The Morgan fingerprint density at radius 2 is 1.54 bits per heavy atom. The highest BCUT2D eigenvalue weighted by Crippen LogP contribution is 2.27. The second-order valence-electron chi connectivity index (χ2n) is 5.94. The van der Waals surface area contributed by atoms with Crippen LogP contribution in [-0.2, 0) is 6.61 Å². The van der Waals surface area contributed by atoms with Crippen molar-refractivity contribution in [3.63, 3.8) is 0 Å². The van der Waals surface area contributed by atoms with Crippen LogP contribution in [0.3, 0.4) is 0 Å². The maximum absolute atomic E-state index is 5.92. The molecule has 0 saturated heterocycles. The molecule has 0 bridgehead atoms. The molecule has 0 aliphatic carbocycles. The van der Waals surface area contributed by atoms with Crippen LogP contribution >= 0.6 is 0 Å². The molecule has 0 aliphatic heterocycles. The van der Waals surface area contributed by atoms with Crippen LogP contribution in [0.15, 0.2) is 73.1 Å². The summed E-state index contributed by atoms with van der Waals surface area (Å²) in [5, 5.41) is 0. The van der Waals surface area contributed by atoms with Crippen LogP contribution in [0.4, 0.5) is 0 Å². The highest BCUT2D eigenvalue weighted by Gasteiger charge is 2.03. The number of pyridine rings is 1. The summed E-state index contributed by atoms with van der Waals surface area (Å²) in [6, 6.07) is 19.8. The van der Waals surface area contributed by atoms with E-state index in [4.69, 9.17) is 9.47 Å². The molecule has 0 unspecified atom stereocenters. The topological polar surface area (TPSA) is 31.4 Å². The second-order valence-corrected chi connectivity index (χ2v) is 5.94. The van der Waals surface area contributed by atoms with Gasteiger partial charge in [0.1, 0.15) is 23.9 Å². The number of ether oxygens (including phenoxy) is 2.